The van der Waals surface area contributed by atoms with E-state index in [0.717, 1.165) is 13.0 Å². The highest BCUT2D eigenvalue weighted by atomic mass is 19.1. The molecule has 4 heteroatoms. The smallest absolute Gasteiger partial charge is 0.149 e. The number of rotatable bonds is 4. The normalized spacial score (nSPS) is 24.4. The SMILES string of the molecule is CCC(C)C1CN(c2c(F)cccc2F)C(C(C)C)CN1. The molecule has 2 rings (SSSR count). The summed E-state index contributed by atoms with van der Waals surface area (Å²) in [5, 5.41) is 3.55. The van der Waals surface area contributed by atoms with Gasteiger partial charge in [-0.25, -0.2) is 8.78 Å². The Morgan fingerprint density at radius 2 is 1.86 bits per heavy atom. The van der Waals surface area contributed by atoms with Crippen LogP contribution >= 0.6 is 0 Å². The Morgan fingerprint density at radius 1 is 1.24 bits per heavy atom. The van der Waals surface area contributed by atoms with Crippen molar-refractivity contribution >= 4 is 5.69 Å². The molecule has 0 bridgehead atoms. The van der Waals surface area contributed by atoms with Crippen molar-refractivity contribution in [1.82, 2.24) is 5.32 Å². The lowest BCUT2D eigenvalue weighted by atomic mass is 9.91. The zero-order valence-electron chi connectivity index (χ0n) is 13.4. The predicted octanol–water partition coefficient (Wildman–Crippen LogP) is 3.81. The Morgan fingerprint density at radius 3 is 2.38 bits per heavy atom. The van der Waals surface area contributed by atoms with Crippen molar-refractivity contribution in [3.05, 3.63) is 29.8 Å². The standard InChI is InChI=1S/C17H26F2N2/c1-5-12(4)15-10-21(16(9-20-15)11(2)3)17-13(18)7-6-8-14(17)19/h6-8,11-12,15-16,20H,5,9-10H2,1-4H3. The van der Waals surface area contributed by atoms with Crippen LogP contribution in [0.3, 0.4) is 0 Å². The van der Waals surface area contributed by atoms with Crippen molar-refractivity contribution in [2.45, 2.75) is 46.2 Å². The zero-order valence-corrected chi connectivity index (χ0v) is 13.4. The molecule has 3 unspecified atom stereocenters. The van der Waals surface area contributed by atoms with Gasteiger partial charge in [0.1, 0.15) is 17.3 Å². The third kappa shape index (κ3) is 3.37. The summed E-state index contributed by atoms with van der Waals surface area (Å²) in [7, 11) is 0. The number of para-hydroxylation sites is 1. The first-order valence-electron chi connectivity index (χ1n) is 7.89. The molecule has 2 nitrogen and oxygen atoms in total. The summed E-state index contributed by atoms with van der Waals surface area (Å²) < 4.78 is 28.4. The van der Waals surface area contributed by atoms with Crippen LogP contribution in [0.15, 0.2) is 18.2 Å². The molecule has 1 aliphatic rings. The van der Waals surface area contributed by atoms with Crippen molar-refractivity contribution in [3.63, 3.8) is 0 Å². The zero-order chi connectivity index (χ0) is 15.6. The Kier molecular flexibility index (Phi) is 5.20. The second-order valence-corrected chi connectivity index (χ2v) is 6.43. The molecular weight excluding hydrogens is 270 g/mol. The van der Waals surface area contributed by atoms with Gasteiger partial charge in [-0.05, 0) is 24.0 Å². The summed E-state index contributed by atoms with van der Waals surface area (Å²) in [5.41, 5.74) is 0.131. The van der Waals surface area contributed by atoms with Gasteiger partial charge in [0.25, 0.3) is 0 Å². The summed E-state index contributed by atoms with van der Waals surface area (Å²) in [6.07, 6.45) is 1.05. The van der Waals surface area contributed by atoms with E-state index in [-0.39, 0.29) is 17.8 Å². The number of piperazine rings is 1. The first-order valence-corrected chi connectivity index (χ1v) is 7.89. The van der Waals surface area contributed by atoms with Crippen molar-refractivity contribution in [1.29, 1.82) is 0 Å². The minimum absolute atomic E-state index is 0.108. The average Bonchev–Trinajstić information content (AvgIpc) is 2.46. The lowest BCUT2D eigenvalue weighted by Crippen LogP contribution is -2.60. The molecule has 1 aliphatic heterocycles. The van der Waals surface area contributed by atoms with E-state index in [1.165, 1.54) is 18.2 Å². The van der Waals surface area contributed by atoms with Crippen LogP contribution in [0.5, 0.6) is 0 Å². The first kappa shape index (κ1) is 16.2. The number of hydrogen-bond donors (Lipinski definition) is 1. The Hall–Kier alpha value is -1.16. The van der Waals surface area contributed by atoms with Crippen LogP contribution in [0.1, 0.15) is 34.1 Å². The van der Waals surface area contributed by atoms with Crippen molar-refractivity contribution in [2.75, 3.05) is 18.0 Å². The fourth-order valence-corrected chi connectivity index (χ4v) is 3.08. The largest absolute Gasteiger partial charge is 0.361 e. The quantitative estimate of drug-likeness (QED) is 0.909. The van der Waals surface area contributed by atoms with E-state index in [1.807, 2.05) is 4.90 Å². The van der Waals surface area contributed by atoms with Gasteiger partial charge in [-0.1, -0.05) is 40.2 Å². The molecule has 1 N–H and O–H groups in total. The van der Waals surface area contributed by atoms with E-state index in [1.54, 1.807) is 0 Å². The number of benzene rings is 1. The van der Waals surface area contributed by atoms with Crippen LogP contribution in [0.4, 0.5) is 14.5 Å². The highest BCUT2D eigenvalue weighted by Gasteiger charge is 2.34. The summed E-state index contributed by atoms with van der Waals surface area (Å²) in [5.74, 6) is -0.124. The predicted molar refractivity (Wildman–Crippen MR) is 83.6 cm³/mol. The van der Waals surface area contributed by atoms with Crippen molar-refractivity contribution < 1.29 is 8.78 Å². The lowest BCUT2D eigenvalue weighted by Gasteiger charge is -2.45. The fourth-order valence-electron chi connectivity index (χ4n) is 3.08. The maximum absolute atomic E-state index is 14.2. The Bertz CT molecular complexity index is 456. The van der Waals surface area contributed by atoms with Crippen LogP contribution in [-0.4, -0.2) is 25.2 Å². The van der Waals surface area contributed by atoms with Gasteiger partial charge >= 0.3 is 0 Å². The van der Waals surface area contributed by atoms with E-state index >= 15 is 0 Å². The number of nitrogens with zero attached hydrogens (tertiary/aromatic N) is 1. The molecule has 1 aromatic rings. The molecule has 0 amide bonds. The van der Waals surface area contributed by atoms with Crippen molar-refractivity contribution in [2.24, 2.45) is 11.8 Å². The molecule has 0 aliphatic carbocycles. The minimum atomic E-state index is -0.467. The minimum Gasteiger partial charge on any atom is -0.361 e. The van der Waals surface area contributed by atoms with E-state index in [2.05, 4.69) is 33.0 Å². The molecule has 1 saturated heterocycles. The van der Waals surface area contributed by atoms with Crippen LogP contribution in [0, 0.1) is 23.5 Å². The molecule has 0 aromatic heterocycles. The summed E-state index contributed by atoms with van der Waals surface area (Å²) in [6.45, 7) is 9.94. The van der Waals surface area contributed by atoms with Gasteiger partial charge in [0, 0.05) is 25.2 Å². The van der Waals surface area contributed by atoms with Crippen LogP contribution in [-0.2, 0) is 0 Å². The van der Waals surface area contributed by atoms with Gasteiger partial charge in [-0.15, -0.1) is 0 Å². The number of anilines is 1. The number of nitrogens with one attached hydrogen (secondary N) is 1. The molecule has 1 fully saturated rings. The summed E-state index contributed by atoms with van der Waals surface area (Å²) >= 11 is 0. The van der Waals surface area contributed by atoms with Gasteiger partial charge in [0.2, 0.25) is 0 Å². The highest BCUT2D eigenvalue weighted by molar-refractivity contribution is 5.51. The van der Waals surface area contributed by atoms with Crippen LogP contribution in [0.25, 0.3) is 0 Å². The molecule has 0 radical (unpaired) electrons. The first-order chi connectivity index (χ1) is 9.95. The summed E-state index contributed by atoms with van der Waals surface area (Å²) in [6, 6.07) is 4.49. The topological polar surface area (TPSA) is 15.3 Å². The van der Waals surface area contributed by atoms with Gasteiger partial charge in [0.05, 0.1) is 0 Å². The van der Waals surface area contributed by atoms with Crippen molar-refractivity contribution in [3.8, 4) is 0 Å². The Balaban J connectivity index is 2.34. The Labute approximate surface area is 126 Å². The van der Waals surface area contributed by atoms with E-state index in [9.17, 15) is 8.78 Å². The molecular formula is C17H26F2N2. The maximum atomic E-state index is 14.2. The van der Waals surface area contributed by atoms with Gasteiger partial charge in [-0.3, -0.25) is 0 Å². The second-order valence-electron chi connectivity index (χ2n) is 6.43. The third-order valence-electron chi connectivity index (χ3n) is 4.71. The molecule has 118 valence electrons. The van der Waals surface area contributed by atoms with Crippen LogP contribution in [0.2, 0.25) is 0 Å². The second kappa shape index (κ2) is 6.73. The molecule has 3 atom stereocenters. The fraction of sp³-hybridized carbons (Fsp3) is 0.647. The molecule has 21 heavy (non-hydrogen) atoms. The third-order valence-corrected chi connectivity index (χ3v) is 4.71. The lowest BCUT2D eigenvalue weighted by molar-refractivity contribution is 0.278. The number of halogens is 2. The van der Waals surface area contributed by atoms with Gasteiger partial charge in [-0.2, -0.15) is 0 Å². The maximum Gasteiger partial charge on any atom is 0.149 e. The molecule has 1 aromatic carbocycles. The van der Waals surface area contributed by atoms with Gasteiger partial charge < -0.3 is 10.2 Å². The number of hydrogen-bond acceptors (Lipinski definition) is 2. The molecule has 0 spiro atoms. The van der Waals surface area contributed by atoms with E-state index < -0.39 is 11.6 Å². The molecule has 0 saturated carbocycles. The monoisotopic (exact) mass is 296 g/mol. The van der Waals surface area contributed by atoms with E-state index in [4.69, 9.17) is 0 Å². The van der Waals surface area contributed by atoms with Crippen LogP contribution < -0.4 is 10.2 Å². The summed E-state index contributed by atoms with van der Waals surface area (Å²) in [4.78, 5) is 1.93. The van der Waals surface area contributed by atoms with E-state index in [0.29, 0.717) is 18.4 Å². The average molecular weight is 296 g/mol. The van der Waals surface area contributed by atoms with Gasteiger partial charge in [0.15, 0.2) is 0 Å². The highest BCUT2D eigenvalue weighted by Crippen LogP contribution is 2.30. The molecule has 1 heterocycles.